The third-order valence-corrected chi connectivity index (χ3v) is 5.38. The van der Waals surface area contributed by atoms with Crippen molar-refractivity contribution in [3.05, 3.63) is 29.3 Å². The molecule has 4 heteroatoms. The highest BCUT2D eigenvalue weighted by molar-refractivity contribution is 6.21. The Kier molecular flexibility index (Phi) is 4.23. The molecule has 2 heterocycles. The van der Waals surface area contributed by atoms with E-state index < -0.39 is 0 Å². The number of hydrogen-bond acceptors (Lipinski definition) is 2. The molecule has 1 saturated heterocycles. The first-order chi connectivity index (χ1) is 10.1. The quantitative estimate of drug-likeness (QED) is 0.797. The Morgan fingerprint density at radius 1 is 1.43 bits per heavy atom. The molecule has 0 radical (unpaired) electrons. The van der Waals surface area contributed by atoms with Crippen LogP contribution in [0.3, 0.4) is 0 Å². The number of anilines is 1. The van der Waals surface area contributed by atoms with Gasteiger partial charge in [-0.05, 0) is 36.5 Å². The van der Waals surface area contributed by atoms with E-state index in [4.69, 9.17) is 16.3 Å². The lowest BCUT2D eigenvalue weighted by Crippen LogP contribution is -2.31. The summed E-state index contributed by atoms with van der Waals surface area (Å²) >= 11 is 6.73. The normalized spacial score (nSPS) is 26.8. The first-order valence-corrected chi connectivity index (χ1v) is 8.20. The van der Waals surface area contributed by atoms with Crippen molar-refractivity contribution in [1.29, 1.82) is 0 Å². The molecule has 2 aliphatic heterocycles. The second kappa shape index (κ2) is 5.98. The standard InChI is InChI=1S/C17H22ClNO2/c1-3-15-13(8-9-21-15)17(18)12-4-6-14-11(10-12)5-7-16(20)19(14)2/h4,6,10,13,15,17H,3,5,7-9H2,1-2H3. The van der Waals surface area contributed by atoms with E-state index in [9.17, 15) is 4.79 Å². The molecule has 1 fully saturated rings. The van der Waals surface area contributed by atoms with Gasteiger partial charge in [-0.15, -0.1) is 11.6 Å². The van der Waals surface area contributed by atoms with Crippen molar-refractivity contribution in [2.75, 3.05) is 18.6 Å². The zero-order valence-electron chi connectivity index (χ0n) is 12.6. The van der Waals surface area contributed by atoms with Crippen LogP contribution in [0.25, 0.3) is 0 Å². The number of hydrogen-bond donors (Lipinski definition) is 0. The summed E-state index contributed by atoms with van der Waals surface area (Å²) in [6, 6.07) is 6.28. The lowest BCUT2D eigenvalue weighted by molar-refractivity contribution is -0.118. The van der Waals surface area contributed by atoms with Crippen LogP contribution >= 0.6 is 11.6 Å². The van der Waals surface area contributed by atoms with Crippen LogP contribution in [0.5, 0.6) is 0 Å². The van der Waals surface area contributed by atoms with E-state index in [2.05, 4.69) is 19.1 Å². The van der Waals surface area contributed by atoms with Gasteiger partial charge in [0.2, 0.25) is 5.91 Å². The number of alkyl halides is 1. The molecular weight excluding hydrogens is 286 g/mol. The molecule has 2 aliphatic rings. The highest BCUT2D eigenvalue weighted by Gasteiger charge is 2.34. The largest absolute Gasteiger partial charge is 0.378 e. The Balaban J connectivity index is 1.85. The zero-order chi connectivity index (χ0) is 15.0. The Bertz CT molecular complexity index is 546. The number of benzene rings is 1. The second-order valence-corrected chi connectivity index (χ2v) is 6.48. The van der Waals surface area contributed by atoms with Crippen molar-refractivity contribution in [1.82, 2.24) is 0 Å². The van der Waals surface area contributed by atoms with Crippen LogP contribution in [0.4, 0.5) is 5.69 Å². The maximum Gasteiger partial charge on any atom is 0.227 e. The van der Waals surface area contributed by atoms with Crippen LogP contribution in [0.1, 0.15) is 42.7 Å². The van der Waals surface area contributed by atoms with Gasteiger partial charge >= 0.3 is 0 Å². The van der Waals surface area contributed by atoms with E-state index >= 15 is 0 Å². The number of nitrogens with zero attached hydrogens (tertiary/aromatic N) is 1. The molecule has 1 amide bonds. The minimum Gasteiger partial charge on any atom is -0.378 e. The van der Waals surface area contributed by atoms with Gasteiger partial charge in [-0.25, -0.2) is 0 Å². The number of carbonyl (C=O) groups excluding carboxylic acids is 1. The van der Waals surface area contributed by atoms with E-state index in [1.807, 2.05) is 13.1 Å². The average molecular weight is 308 g/mol. The fraction of sp³-hybridized carbons (Fsp3) is 0.588. The SMILES string of the molecule is CCC1OCCC1C(Cl)c1ccc2c(c1)CCC(=O)N2C. The van der Waals surface area contributed by atoms with Gasteiger partial charge in [-0.2, -0.15) is 0 Å². The summed E-state index contributed by atoms with van der Waals surface area (Å²) in [7, 11) is 1.84. The molecule has 3 unspecified atom stereocenters. The highest BCUT2D eigenvalue weighted by Crippen LogP contribution is 2.40. The van der Waals surface area contributed by atoms with Gasteiger partial charge in [0.15, 0.2) is 0 Å². The van der Waals surface area contributed by atoms with E-state index in [1.165, 1.54) is 5.56 Å². The molecule has 0 bridgehead atoms. The predicted octanol–water partition coefficient (Wildman–Crippen LogP) is 3.69. The number of fused-ring (bicyclic) bond motifs is 1. The Morgan fingerprint density at radius 2 is 2.24 bits per heavy atom. The van der Waals surface area contributed by atoms with Gasteiger partial charge in [0, 0.05) is 31.7 Å². The summed E-state index contributed by atoms with van der Waals surface area (Å²) in [4.78, 5) is 13.5. The van der Waals surface area contributed by atoms with Crippen LogP contribution < -0.4 is 4.90 Å². The van der Waals surface area contributed by atoms with Crippen molar-refractivity contribution in [2.24, 2.45) is 5.92 Å². The first kappa shape index (κ1) is 14.9. The van der Waals surface area contributed by atoms with Crippen molar-refractivity contribution in [2.45, 2.75) is 44.1 Å². The van der Waals surface area contributed by atoms with Crippen molar-refractivity contribution >= 4 is 23.2 Å². The molecule has 1 aromatic rings. The summed E-state index contributed by atoms with van der Waals surface area (Å²) in [6.45, 7) is 2.97. The summed E-state index contributed by atoms with van der Waals surface area (Å²) in [5.41, 5.74) is 3.41. The molecule has 3 rings (SSSR count). The van der Waals surface area contributed by atoms with Gasteiger partial charge in [0.05, 0.1) is 11.5 Å². The molecule has 0 N–H and O–H groups in total. The van der Waals surface area contributed by atoms with Crippen LogP contribution in [-0.2, 0) is 16.0 Å². The van der Waals surface area contributed by atoms with Crippen molar-refractivity contribution < 1.29 is 9.53 Å². The lowest BCUT2D eigenvalue weighted by Gasteiger charge is -2.28. The van der Waals surface area contributed by atoms with Crippen molar-refractivity contribution in [3.63, 3.8) is 0 Å². The summed E-state index contributed by atoms with van der Waals surface area (Å²) in [6.07, 6.45) is 3.71. The van der Waals surface area contributed by atoms with Crippen LogP contribution in [0.2, 0.25) is 0 Å². The maximum absolute atomic E-state index is 11.7. The highest BCUT2D eigenvalue weighted by atomic mass is 35.5. The minimum atomic E-state index is -0.00863. The smallest absolute Gasteiger partial charge is 0.227 e. The molecule has 0 aliphatic carbocycles. The third kappa shape index (κ3) is 2.69. The second-order valence-electron chi connectivity index (χ2n) is 6.01. The first-order valence-electron chi connectivity index (χ1n) is 7.77. The molecule has 21 heavy (non-hydrogen) atoms. The van der Waals surface area contributed by atoms with E-state index in [-0.39, 0.29) is 17.4 Å². The summed E-state index contributed by atoms with van der Waals surface area (Å²) < 4.78 is 5.76. The van der Waals surface area contributed by atoms with E-state index in [1.54, 1.807) is 4.90 Å². The fourth-order valence-electron chi connectivity index (χ4n) is 3.52. The number of ether oxygens (including phenoxy) is 1. The monoisotopic (exact) mass is 307 g/mol. The Hall–Kier alpha value is -1.06. The molecule has 1 aromatic carbocycles. The number of rotatable bonds is 3. The molecule has 3 atom stereocenters. The molecule has 3 nitrogen and oxygen atoms in total. The number of amides is 1. The third-order valence-electron chi connectivity index (χ3n) is 4.80. The van der Waals surface area contributed by atoms with E-state index in [0.29, 0.717) is 12.3 Å². The maximum atomic E-state index is 11.7. The molecule has 0 saturated carbocycles. The molecule has 0 spiro atoms. The van der Waals surface area contributed by atoms with Gasteiger partial charge in [-0.1, -0.05) is 19.1 Å². The van der Waals surface area contributed by atoms with Crippen LogP contribution in [-0.4, -0.2) is 25.7 Å². The number of carbonyl (C=O) groups is 1. The average Bonchev–Trinajstić information content (AvgIpc) is 2.98. The lowest BCUT2D eigenvalue weighted by atomic mass is 9.89. The Labute approximate surface area is 131 Å². The molecular formula is C17H22ClNO2. The zero-order valence-corrected chi connectivity index (χ0v) is 13.4. The van der Waals surface area contributed by atoms with Gasteiger partial charge in [0.1, 0.15) is 0 Å². The molecule has 0 aromatic heterocycles. The van der Waals surface area contributed by atoms with Crippen LogP contribution in [0.15, 0.2) is 18.2 Å². The minimum absolute atomic E-state index is 0.00863. The predicted molar refractivity (Wildman–Crippen MR) is 84.9 cm³/mol. The van der Waals surface area contributed by atoms with Crippen molar-refractivity contribution in [3.8, 4) is 0 Å². The van der Waals surface area contributed by atoms with Gasteiger partial charge < -0.3 is 9.64 Å². The molecule has 114 valence electrons. The Morgan fingerprint density at radius 3 is 3.00 bits per heavy atom. The number of aryl methyl sites for hydroxylation is 1. The van der Waals surface area contributed by atoms with Gasteiger partial charge in [0.25, 0.3) is 0 Å². The number of halogens is 1. The topological polar surface area (TPSA) is 29.5 Å². The summed E-state index contributed by atoms with van der Waals surface area (Å²) in [5, 5.41) is -0.00863. The summed E-state index contributed by atoms with van der Waals surface area (Å²) in [5.74, 6) is 0.575. The fourth-order valence-corrected chi connectivity index (χ4v) is 3.94. The van der Waals surface area contributed by atoms with Gasteiger partial charge in [-0.3, -0.25) is 4.79 Å². The van der Waals surface area contributed by atoms with Crippen LogP contribution in [0, 0.1) is 5.92 Å². The van der Waals surface area contributed by atoms with E-state index in [0.717, 1.165) is 37.1 Å².